The van der Waals surface area contributed by atoms with Gasteiger partial charge in [0.1, 0.15) is 0 Å². The van der Waals surface area contributed by atoms with Crippen LogP contribution < -0.4 is 5.32 Å². The average molecular weight is 259 g/mol. The number of nitrogens with one attached hydrogen (secondary N) is 1. The van der Waals surface area contributed by atoms with Crippen LogP contribution in [-0.4, -0.2) is 13.1 Å². The van der Waals surface area contributed by atoms with Crippen molar-refractivity contribution < 1.29 is 13.2 Å². The zero-order valence-electron chi connectivity index (χ0n) is 10.8. The molecule has 1 atom stereocenters. The Hall–Kier alpha value is -1.03. The highest BCUT2D eigenvalue weighted by Crippen LogP contribution is 2.30. The molecule has 0 saturated heterocycles. The molecule has 0 heterocycles. The molecule has 102 valence electrons. The molecule has 0 saturated carbocycles. The Morgan fingerprint density at radius 3 is 2.61 bits per heavy atom. The SMILES string of the molecule is CCNCCC(C)Cc1cccc(C(F)(F)F)c1. The first-order valence-electron chi connectivity index (χ1n) is 6.30. The van der Waals surface area contributed by atoms with Crippen molar-refractivity contribution in [2.24, 2.45) is 5.92 Å². The lowest BCUT2D eigenvalue weighted by molar-refractivity contribution is -0.137. The molecular formula is C14H20F3N. The lowest BCUT2D eigenvalue weighted by Crippen LogP contribution is -2.17. The molecule has 1 nitrogen and oxygen atoms in total. The van der Waals surface area contributed by atoms with Crippen molar-refractivity contribution in [1.29, 1.82) is 0 Å². The monoisotopic (exact) mass is 259 g/mol. The van der Waals surface area contributed by atoms with Gasteiger partial charge in [-0.2, -0.15) is 13.2 Å². The summed E-state index contributed by atoms with van der Waals surface area (Å²) >= 11 is 0. The molecule has 0 aliphatic carbocycles. The van der Waals surface area contributed by atoms with E-state index in [1.165, 1.54) is 12.1 Å². The highest BCUT2D eigenvalue weighted by atomic mass is 19.4. The first kappa shape index (κ1) is 15.0. The molecule has 0 amide bonds. The lowest BCUT2D eigenvalue weighted by Gasteiger charge is -2.13. The van der Waals surface area contributed by atoms with Crippen LogP contribution in [0, 0.1) is 5.92 Å². The fraction of sp³-hybridized carbons (Fsp3) is 0.571. The van der Waals surface area contributed by atoms with E-state index in [0.29, 0.717) is 12.3 Å². The summed E-state index contributed by atoms with van der Waals surface area (Å²) in [4.78, 5) is 0. The van der Waals surface area contributed by atoms with Crippen LogP contribution in [0.25, 0.3) is 0 Å². The van der Waals surface area contributed by atoms with Gasteiger partial charge in [0.15, 0.2) is 0 Å². The van der Waals surface area contributed by atoms with Crippen LogP contribution in [-0.2, 0) is 12.6 Å². The molecule has 1 unspecified atom stereocenters. The summed E-state index contributed by atoms with van der Waals surface area (Å²) in [5.74, 6) is 0.382. The van der Waals surface area contributed by atoms with E-state index in [1.54, 1.807) is 6.07 Å². The van der Waals surface area contributed by atoms with Crippen molar-refractivity contribution in [2.45, 2.75) is 32.9 Å². The smallest absolute Gasteiger partial charge is 0.317 e. The Morgan fingerprint density at radius 2 is 2.00 bits per heavy atom. The van der Waals surface area contributed by atoms with Crippen LogP contribution in [0.1, 0.15) is 31.4 Å². The standard InChI is InChI=1S/C14H20F3N/c1-3-18-8-7-11(2)9-12-5-4-6-13(10-12)14(15,16)17/h4-6,10-11,18H,3,7-9H2,1-2H3. The summed E-state index contributed by atoms with van der Waals surface area (Å²) in [6.45, 7) is 5.95. The van der Waals surface area contributed by atoms with E-state index in [-0.39, 0.29) is 0 Å². The fourth-order valence-corrected chi connectivity index (χ4v) is 1.90. The lowest BCUT2D eigenvalue weighted by atomic mass is 9.97. The van der Waals surface area contributed by atoms with Gasteiger partial charge in [-0.05, 0) is 43.5 Å². The molecule has 1 N–H and O–H groups in total. The summed E-state index contributed by atoms with van der Waals surface area (Å²) in [5.41, 5.74) is 0.202. The maximum atomic E-state index is 12.5. The summed E-state index contributed by atoms with van der Waals surface area (Å²) < 4.78 is 37.6. The molecule has 4 heteroatoms. The molecule has 1 rings (SSSR count). The van der Waals surface area contributed by atoms with Gasteiger partial charge in [0.05, 0.1) is 5.56 Å². The Labute approximate surface area is 106 Å². The normalized spacial score (nSPS) is 13.6. The predicted octanol–water partition coefficient (Wildman–Crippen LogP) is 3.88. The summed E-state index contributed by atoms with van der Waals surface area (Å²) in [5, 5.41) is 3.22. The predicted molar refractivity (Wildman–Crippen MR) is 67.5 cm³/mol. The first-order valence-corrected chi connectivity index (χ1v) is 6.30. The first-order chi connectivity index (χ1) is 8.43. The van der Waals surface area contributed by atoms with E-state index in [0.717, 1.165) is 31.1 Å². The molecule has 0 bridgehead atoms. The summed E-state index contributed by atoms with van der Waals surface area (Å²) in [6.07, 6.45) is -2.58. The van der Waals surface area contributed by atoms with E-state index in [4.69, 9.17) is 0 Å². The van der Waals surface area contributed by atoms with Gasteiger partial charge in [0, 0.05) is 0 Å². The molecule has 0 spiro atoms. The van der Waals surface area contributed by atoms with Gasteiger partial charge in [0.25, 0.3) is 0 Å². The second-order valence-electron chi connectivity index (χ2n) is 4.65. The van der Waals surface area contributed by atoms with Crippen LogP contribution in [0.5, 0.6) is 0 Å². The largest absolute Gasteiger partial charge is 0.416 e. The van der Waals surface area contributed by atoms with Crippen LogP contribution in [0.15, 0.2) is 24.3 Å². The zero-order valence-corrected chi connectivity index (χ0v) is 10.8. The highest BCUT2D eigenvalue weighted by Gasteiger charge is 2.30. The minimum absolute atomic E-state index is 0.382. The number of hydrogen-bond donors (Lipinski definition) is 1. The number of halogens is 3. The van der Waals surface area contributed by atoms with Gasteiger partial charge < -0.3 is 5.32 Å². The van der Waals surface area contributed by atoms with Crippen molar-refractivity contribution >= 4 is 0 Å². The van der Waals surface area contributed by atoms with Crippen LogP contribution in [0.4, 0.5) is 13.2 Å². The zero-order chi connectivity index (χ0) is 13.6. The third-order valence-electron chi connectivity index (χ3n) is 2.90. The molecule has 0 radical (unpaired) electrons. The fourth-order valence-electron chi connectivity index (χ4n) is 1.90. The van der Waals surface area contributed by atoms with Gasteiger partial charge in [-0.3, -0.25) is 0 Å². The minimum Gasteiger partial charge on any atom is -0.317 e. The second-order valence-corrected chi connectivity index (χ2v) is 4.65. The molecule has 18 heavy (non-hydrogen) atoms. The van der Waals surface area contributed by atoms with Gasteiger partial charge >= 0.3 is 6.18 Å². The molecule has 0 aliphatic heterocycles. The van der Waals surface area contributed by atoms with Gasteiger partial charge in [0.2, 0.25) is 0 Å². The Bertz CT molecular complexity index is 360. The summed E-state index contributed by atoms with van der Waals surface area (Å²) in [7, 11) is 0. The molecule has 0 fully saturated rings. The quantitative estimate of drug-likeness (QED) is 0.764. The van der Waals surface area contributed by atoms with Crippen molar-refractivity contribution in [1.82, 2.24) is 5.32 Å². The topological polar surface area (TPSA) is 12.0 Å². The third-order valence-corrected chi connectivity index (χ3v) is 2.90. The van der Waals surface area contributed by atoms with Crippen molar-refractivity contribution in [3.05, 3.63) is 35.4 Å². The van der Waals surface area contributed by atoms with Crippen molar-refractivity contribution in [2.75, 3.05) is 13.1 Å². The van der Waals surface area contributed by atoms with Gasteiger partial charge in [-0.25, -0.2) is 0 Å². The Morgan fingerprint density at radius 1 is 1.28 bits per heavy atom. The number of hydrogen-bond acceptors (Lipinski definition) is 1. The van der Waals surface area contributed by atoms with E-state index in [2.05, 4.69) is 12.2 Å². The summed E-state index contributed by atoms with van der Waals surface area (Å²) in [6, 6.07) is 5.62. The van der Waals surface area contributed by atoms with Gasteiger partial charge in [-0.1, -0.05) is 32.0 Å². The van der Waals surface area contributed by atoms with Gasteiger partial charge in [-0.15, -0.1) is 0 Å². The average Bonchev–Trinajstić information content (AvgIpc) is 2.28. The van der Waals surface area contributed by atoms with E-state index in [9.17, 15) is 13.2 Å². The van der Waals surface area contributed by atoms with E-state index in [1.807, 2.05) is 6.92 Å². The molecule has 1 aromatic rings. The molecular weight excluding hydrogens is 239 g/mol. The third kappa shape index (κ3) is 5.08. The molecule has 0 aromatic heterocycles. The number of rotatable bonds is 6. The van der Waals surface area contributed by atoms with E-state index < -0.39 is 11.7 Å². The van der Waals surface area contributed by atoms with E-state index >= 15 is 0 Å². The Kier molecular flexibility index (Phi) is 5.66. The maximum Gasteiger partial charge on any atom is 0.416 e. The highest BCUT2D eigenvalue weighted by molar-refractivity contribution is 5.25. The number of benzene rings is 1. The molecule has 1 aromatic carbocycles. The van der Waals surface area contributed by atoms with Crippen molar-refractivity contribution in [3.63, 3.8) is 0 Å². The number of alkyl halides is 3. The van der Waals surface area contributed by atoms with Crippen LogP contribution in [0.2, 0.25) is 0 Å². The Balaban J connectivity index is 2.57. The van der Waals surface area contributed by atoms with Crippen LogP contribution >= 0.6 is 0 Å². The maximum absolute atomic E-state index is 12.5. The minimum atomic E-state index is -4.25. The van der Waals surface area contributed by atoms with Crippen LogP contribution in [0.3, 0.4) is 0 Å². The second kappa shape index (κ2) is 6.78. The van der Waals surface area contributed by atoms with Crippen molar-refractivity contribution in [3.8, 4) is 0 Å². The molecule has 0 aliphatic rings.